The van der Waals surface area contributed by atoms with Crippen molar-refractivity contribution in [2.24, 2.45) is 5.92 Å². The first-order chi connectivity index (χ1) is 12.3. The molecule has 0 aliphatic carbocycles. The van der Waals surface area contributed by atoms with E-state index in [9.17, 15) is 19.2 Å². The highest BCUT2D eigenvalue weighted by atomic mass is 35.5. The minimum atomic E-state index is -1.15. The lowest BCUT2D eigenvalue weighted by Crippen LogP contribution is -2.44. The molecule has 4 amide bonds. The summed E-state index contributed by atoms with van der Waals surface area (Å²) in [5.41, 5.74) is 0.787. The molecule has 1 fully saturated rings. The van der Waals surface area contributed by atoms with Crippen LogP contribution in [0.25, 0.3) is 0 Å². The molecule has 0 spiro atoms. The van der Waals surface area contributed by atoms with Gasteiger partial charge in [0.15, 0.2) is 6.10 Å². The highest BCUT2D eigenvalue weighted by Crippen LogP contribution is 2.24. The summed E-state index contributed by atoms with van der Waals surface area (Å²) in [4.78, 5) is 48.7. The van der Waals surface area contributed by atoms with Crippen molar-refractivity contribution in [3.63, 3.8) is 0 Å². The van der Waals surface area contributed by atoms with Crippen LogP contribution in [0.3, 0.4) is 0 Å². The van der Waals surface area contributed by atoms with Crippen LogP contribution in [0.2, 0.25) is 5.02 Å². The van der Waals surface area contributed by atoms with Crippen LogP contribution in [0.5, 0.6) is 0 Å². The molecule has 1 saturated heterocycles. The quantitative estimate of drug-likeness (QED) is 0.742. The molecule has 0 aromatic heterocycles. The lowest BCUT2D eigenvalue weighted by atomic mass is 10.1. The minimum Gasteiger partial charge on any atom is -0.452 e. The molecule has 0 saturated carbocycles. The number of rotatable bonds is 5. The van der Waals surface area contributed by atoms with Crippen LogP contribution >= 0.6 is 11.6 Å². The second-order valence-corrected chi connectivity index (χ2v) is 6.32. The number of ether oxygens (including phenoxy) is 1. The van der Waals surface area contributed by atoms with Crippen molar-refractivity contribution in [2.45, 2.75) is 26.0 Å². The maximum Gasteiger partial charge on any atom is 0.321 e. The third-order valence-electron chi connectivity index (χ3n) is 3.99. The first-order valence-electron chi connectivity index (χ1n) is 8.06. The predicted octanol–water partition coefficient (Wildman–Crippen LogP) is 1.08. The highest BCUT2D eigenvalue weighted by Gasteiger charge is 2.36. The Morgan fingerprint density at radius 3 is 2.69 bits per heavy atom. The molecule has 1 aliphatic heterocycles. The normalized spacial score (nSPS) is 17.6. The Bertz CT molecular complexity index is 724. The Hall–Kier alpha value is -2.61. The predicted molar refractivity (Wildman–Crippen MR) is 93.1 cm³/mol. The van der Waals surface area contributed by atoms with Crippen molar-refractivity contribution in [3.8, 4) is 0 Å². The van der Waals surface area contributed by atoms with Gasteiger partial charge < -0.3 is 15.0 Å². The van der Waals surface area contributed by atoms with Crippen LogP contribution in [-0.4, -0.2) is 48.4 Å². The van der Waals surface area contributed by atoms with Gasteiger partial charge in [0.1, 0.15) is 0 Å². The summed E-state index contributed by atoms with van der Waals surface area (Å²) in [7, 11) is 1.36. The fourth-order valence-electron chi connectivity index (χ4n) is 2.52. The van der Waals surface area contributed by atoms with Crippen molar-refractivity contribution in [1.82, 2.24) is 15.5 Å². The largest absolute Gasteiger partial charge is 0.452 e. The smallest absolute Gasteiger partial charge is 0.321 e. The number of hydrogen-bond donors (Lipinski definition) is 2. The van der Waals surface area contributed by atoms with E-state index in [0.29, 0.717) is 11.6 Å². The third-order valence-corrected chi connectivity index (χ3v) is 4.36. The maximum atomic E-state index is 12.2. The number of urea groups is 1. The van der Waals surface area contributed by atoms with Gasteiger partial charge in [-0.1, -0.05) is 29.8 Å². The number of amides is 4. The van der Waals surface area contributed by atoms with E-state index in [4.69, 9.17) is 16.3 Å². The monoisotopic (exact) mass is 381 g/mol. The van der Waals surface area contributed by atoms with E-state index < -0.39 is 29.9 Å². The standard InChI is InChI=1S/C17H20ClN3O5/c1-10(15(23)20-17(25)19-2)26-16(24)12-7-14(22)21(9-12)8-11-5-3-4-6-13(11)18/h3-6,10,12H,7-9H2,1-2H3,(H2,19,20,23,25)/t10-,12+/m0/s1. The van der Waals surface area contributed by atoms with E-state index in [1.807, 2.05) is 17.4 Å². The number of halogens is 1. The highest BCUT2D eigenvalue weighted by molar-refractivity contribution is 6.31. The molecule has 0 radical (unpaired) electrons. The molecule has 8 nitrogen and oxygen atoms in total. The van der Waals surface area contributed by atoms with E-state index in [0.717, 1.165) is 5.56 Å². The summed E-state index contributed by atoms with van der Waals surface area (Å²) >= 11 is 6.10. The van der Waals surface area contributed by atoms with Crippen LogP contribution in [0, 0.1) is 5.92 Å². The van der Waals surface area contributed by atoms with Gasteiger partial charge in [-0.2, -0.15) is 0 Å². The Balaban J connectivity index is 1.91. The maximum absolute atomic E-state index is 12.2. The van der Waals surface area contributed by atoms with Crippen LogP contribution in [-0.2, 0) is 25.7 Å². The molecule has 9 heteroatoms. The lowest BCUT2D eigenvalue weighted by molar-refractivity contribution is -0.158. The summed E-state index contributed by atoms with van der Waals surface area (Å²) in [5.74, 6) is -2.25. The molecule has 26 heavy (non-hydrogen) atoms. The second kappa shape index (κ2) is 8.66. The van der Waals surface area contributed by atoms with Crippen molar-refractivity contribution < 1.29 is 23.9 Å². The molecule has 1 aliphatic rings. The summed E-state index contributed by atoms with van der Waals surface area (Å²) < 4.78 is 5.08. The van der Waals surface area contributed by atoms with Crippen LogP contribution in [0.4, 0.5) is 4.79 Å². The van der Waals surface area contributed by atoms with Crippen molar-refractivity contribution in [2.75, 3.05) is 13.6 Å². The first-order valence-corrected chi connectivity index (χ1v) is 8.43. The van der Waals surface area contributed by atoms with Crippen LogP contribution < -0.4 is 10.6 Å². The number of nitrogens with one attached hydrogen (secondary N) is 2. The number of hydrogen-bond acceptors (Lipinski definition) is 5. The van der Waals surface area contributed by atoms with Gasteiger partial charge in [-0.05, 0) is 18.6 Å². The average molecular weight is 382 g/mol. The molecule has 140 valence electrons. The average Bonchev–Trinajstić information content (AvgIpc) is 2.97. The number of imide groups is 1. The number of carbonyl (C=O) groups is 4. The fraction of sp³-hybridized carbons (Fsp3) is 0.412. The number of esters is 1. The van der Waals surface area contributed by atoms with Gasteiger partial charge in [0, 0.05) is 31.6 Å². The number of carbonyl (C=O) groups excluding carboxylic acids is 4. The van der Waals surface area contributed by atoms with E-state index >= 15 is 0 Å². The van der Waals surface area contributed by atoms with Gasteiger partial charge >= 0.3 is 12.0 Å². The molecule has 1 heterocycles. The molecular formula is C17H20ClN3O5. The molecule has 2 rings (SSSR count). The SMILES string of the molecule is CNC(=O)NC(=O)[C@H](C)OC(=O)[C@@H]1CC(=O)N(Cc2ccccc2Cl)C1. The van der Waals surface area contributed by atoms with Gasteiger partial charge in [-0.3, -0.25) is 19.7 Å². The van der Waals surface area contributed by atoms with Gasteiger partial charge in [-0.25, -0.2) is 4.79 Å². The molecule has 1 aromatic carbocycles. The Morgan fingerprint density at radius 1 is 1.35 bits per heavy atom. The Kier molecular flexibility index (Phi) is 6.57. The summed E-state index contributed by atoms with van der Waals surface area (Å²) in [6.07, 6.45) is -1.14. The zero-order valence-electron chi connectivity index (χ0n) is 14.5. The first kappa shape index (κ1) is 19.7. The van der Waals surface area contributed by atoms with Crippen LogP contribution in [0.15, 0.2) is 24.3 Å². The summed E-state index contributed by atoms with van der Waals surface area (Å²) in [6, 6.07) is 6.46. The topological polar surface area (TPSA) is 105 Å². The van der Waals surface area contributed by atoms with Gasteiger partial charge in [-0.15, -0.1) is 0 Å². The van der Waals surface area contributed by atoms with Crippen molar-refractivity contribution in [3.05, 3.63) is 34.9 Å². The fourth-order valence-corrected chi connectivity index (χ4v) is 2.71. The van der Waals surface area contributed by atoms with E-state index in [-0.39, 0.29) is 18.9 Å². The number of likely N-dealkylation sites (tertiary alicyclic amines) is 1. The van der Waals surface area contributed by atoms with Gasteiger partial charge in [0.05, 0.1) is 5.92 Å². The number of benzene rings is 1. The summed E-state index contributed by atoms with van der Waals surface area (Å²) in [6.45, 7) is 1.84. The molecule has 0 unspecified atom stereocenters. The van der Waals surface area contributed by atoms with Crippen molar-refractivity contribution in [1.29, 1.82) is 0 Å². The molecule has 2 N–H and O–H groups in total. The molecule has 0 bridgehead atoms. The second-order valence-electron chi connectivity index (χ2n) is 5.91. The minimum absolute atomic E-state index is 0.00701. The molecule has 2 atom stereocenters. The third kappa shape index (κ3) is 4.95. The van der Waals surface area contributed by atoms with E-state index in [2.05, 4.69) is 5.32 Å². The Morgan fingerprint density at radius 2 is 2.04 bits per heavy atom. The van der Waals surface area contributed by atoms with Crippen molar-refractivity contribution >= 4 is 35.4 Å². The van der Waals surface area contributed by atoms with E-state index in [1.165, 1.54) is 18.9 Å². The number of nitrogens with zero attached hydrogens (tertiary/aromatic N) is 1. The molecule has 1 aromatic rings. The van der Waals surface area contributed by atoms with E-state index in [1.54, 1.807) is 12.1 Å². The zero-order chi connectivity index (χ0) is 19.3. The lowest BCUT2D eigenvalue weighted by Gasteiger charge is -2.18. The zero-order valence-corrected chi connectivity index (χ0v) is 15.2. The van der Waals surface area contributed by atoms with Gasteiger partial charge in [0.2, 0.25) is 5.91 Å². The molecular weight excluding hydrogens is 362 g/mol. The van der Waals surface area contributed by atoms with Gasteiger partial charge in [0.25, 0.3) is 5.91 Å². The Labute approximate surface area is 155 Å². The van der Waals surface area contributed by atoms with Crippen LogP contribution in [0.1, 0.15) is 18.9 Å². The summed E-state index contributed by atoms with van der Waals surface area (Å²) in [5, 5.41) is 4.80.